The Labute approximate surface area is 155 Å². The molecule has 0 aliphatic rings. The summed E-state index contributed by atoms with van der Waals surface area (Å²) in [6, 6.07) is 9.86. The Hall–Kier alpha value is -0.630. The van der Waals surface area contributed by atoms with Crippen LogP contribution in [0.3, 0.4) is 0 Å². The van der Waals surface area contributed by atoms with E-state index in [2.05, 4.69) is 28.8 Å². The van der Waals surface area contributed by atoms with Crippen LogP contribution in [-0.2, 0) is 0 Å². The Kier molecular flexibility index (Phi) is 14.8. The highest BCUT2D eigenvalue weighted by Crippen LogP contribution is 2.07. The molecule has 2 N–H and O–H groups in total. The van der Waals surface area contributed by atoms with Crippen molar-refractivity contribution in [3.63, 3.8) is 0 Å². The summed E-state index contributed by atoms with van der Waals surface area (Å²) in [5.74, 6) is 2.99. The summed E-state index contributed by atoms with van der Waals surface area (Å²) in [5, 5.41) is 6.54. The third kappa shape index (κ3) is 11.0. The maximum Gasteiger partial charge on any atom is 0.191 e. The van der Waals surface area contributed by atoms with Crippen LogP contribution < -0.4 is 15.4 Å². The zero-order valence-corrected chi connectivity index (χ0v) is 16.7. The third-order valence-electron chi connectivity index (χ3n) is 2.78. The Morgan fingerprint density at radius 3 is 2.64 bits per heavy atom. The highest BCUT2D eigenvalue weighted by atomic mass is 127. The van der Waals surface area contributed by atoms with E-state index in [0.29, 0.717) is 6.61 Å². The number of rotatable bonds is 10. The minimum atomic E-state index is 0. The largest absolute Gasteiger partial charge is 0.492 e. The van der Waals surface area contributed by atoms with Crippen LogP contribution in [0.2, 0.25) is 0 Å². The lowest BCUT2D eigenvalue weighted by Crippen LogP contribution is -2.39. The predicted molar refractivity (Wildman–Crippen MR) is 109 cm³/mol. The molecule has 6 heteroatoms. The van der Waals surface area contributed by atoms with E-state index in [1.165, 1.54) is 12.2 Å². The number of hydrogen-bond donors (Lipinski definition) is 2. The lowest BCUT2D eigenvalue weighted by atomic mass is 10.3. The van der Waals surface area contributed by atoms with E-state index in [1.54, 1.807) is 0 Å². The van der Waals surface area contributed by atoms with Crippen molar-refractivity contribution in [2.75, 3.05) is 38.2 Å². The van der Waals surface area contributed by atoms with Crippen LogP contribution in [0.25, 0.3) is 0 Å². The molecule has 126 valence electrons. The smallest absolute Gasteiger partial charge is 0.191 e. The fourth-order valence-corrected chi connectivity index (χ4v) is 2.24. The molecule has 0 spiro atoms. The van der Waals surface area contributed by atoms with Gasteiger partial charge < -0.3 is 15.4 Å². The quantitative estimate of drug-likeness (QED) is 0.255. The first-order valence-corrected chi connectivity index (χ1v) is 8.95. The van der Waals surface area contributed by atoms with Gasteiger partial charge in [-0.3, -0.25) is 4.99 Å². The van der Waals surface area contributed by atoms with Crippen LogP contribution in [0.15, 0.2) is 35.3 Å². The van der Waals surface area contributed by atoms with E-state index >= 15 is 0 Å². The molecule has 0 amide bonds. The topological polar surface area (TPSA) is 45.7 Å². The van der Waals surface area contributed by atoms with Gasteiger partial charge >= 0.3 is 0 Å². The number of unbranched alkanes of at least 4 members (excludes halogenated alkanes) is 1. The molecule has 22 heavy (non-hydrogen) atoms. The van der Waals surface area contributed by atoms with Gasteiger partial charge in [0, 0.05) is 13.1 Å². The SMILES string of the molecule is CCNC(=NCCCCSC)NCCOc1ccccc1.I. The average Bonchev–Trinajstić information content (AvgIpc) is 2.52. The molecule has 0 fully saturated rings. The summed E-state index contributed by atoms with van der Waals surface area (Å²) in [7, 11) is 0. The lowest BCUT2D eigenvalue weighted by molar-refractivity contribution is 0.322. The highest BCUT2D eigenvalue weighted by molar-refractivity contribution is 14.0. The number of thioether (sulfide) groups is 1. The first-order valence-electron chi connectivity index (χ1n) is 7.55. The van der Waals surface area contributed by atoms with Crippen LogP contribution in [0, 0.1) is 0 Å². The van der Waals surface area contributed by atoms with Gasteiger partial charge in [0.05, 0.1) is 6.54 Å². The maximum atomic E-state index is 5.64. The second kappa shape index (κ2) is 15.3. The number of nitrogens with zero attached hydrogens (tertiary/aromatic N) is 1. The number of aliphatic imine (C=N–C) groups is 1. The van der Waals surface area contributed by atoms with Crippen molar-refractivity contribution in [2.24, 2.45) is 4.99 Å². The molecular weight excluding hydrogens is 409 g/mol. The molecule has 0 aliphatic carbocycles. The molecule has 0 bridgehead atoms. The van der Waals surface area contributed by atoms with Gasteiger partial charge in [0.2, 0.25) is 0 Å². The summed E-state index contributed by atoms with van der Waals surface area (Å²) in [6.07, 6.45) is 4.50. The van der Waals surface area contributed by atoms with Gasteiger partial charge in [0.25, 0.3) is 0 Å². The van der Waals surface area contributed by atoms with Crippen LogP contribution in [0.5, 0.6) is 5.75 Å². The molecule has 0 aromatic heterocycles. The normalized spacial score (nSPS) is 10.7. The summed E-state index contributed by atoms with van der Waals surface area (Å²) < 4.78 is 5.64. The van der Waals surface area contributed by atoms with Gasteiger partial charge in [0.15, 0.2) is 5.96 Å². The van der Waals surface area contributed by atoms with Gasteiger partial charge in [-0.1, -0.05) is 18.2 Å². The number of halogens is 1. The molecule has 4 nitrogen and oxygen atoms in total. The van der Waals surface area contributed by atoms with Crippen molar-refractivity contribution in [3.8, 4) is 5.75 Å². The maximum absolute atomic E-state index is 5.64. The van der Waals surface area contributed by atoms with Crippen LogP contribution in [0.1, 0.15) is 19.8 Å². The number of benzene rings is 1. The van der Waals surface area contributed by atoms with Gasteiger partial charge in [0.1, 0.15) is 12.4 Å². The molecule has 0 saturated carbocycles. The average molecular weight is 437 g/mol. The van der Waals surface area contributed by atoms with Crippen LogP contribution >= 0.6 is 35.7 Å². The fraction of sp³-hybridized carbons (Fsp3) is 0.562. The van der Waals surface area contributed by atoms with Crippen molar-refractivity contribution in [3.05, 3.63) is 30.3 Å². The molecule has 1 rings (SSSR count). The zero-order valence-electron chi connectivity index (χ0n) is 13.5. The summed E-state index contributed by atoms with van der Waals surface area (Å²) >= 11 is 1.89. The summed E-state index contributed by atoms with van der Waals surface area (Å²) in [6.45, 7) is 5.18. The standard InChI is InChI=1S/C16H27N3OS.HI/c1-3-17-16(18-11-7-8-14-21-2)19-12-13-20-15-9-5-4-6-10-15;/h4-6,9-10H,3,7-8,11-14H2,1-2H3,(H2,17,18,19);1H. The van der Waals surface area contributed by atoms with Gasteiger partial charge in [-0.05, 0) is 43.9 Å². The fourth-order valence-electron chi connectivity index (χ4n) is 1.75. The predicted octanol–water partition coefficient (Wildman–Crippen LogP) is 3.38. The minimum Gasteiger partial charge on any atom is -0.492 e. The van der Waals surface area contributed by atoms with Crippen molar-refractivity contribution in [1.29, 1.82) is 0 Å². The Morgan fingerprint density at radius 2 is 1.95 bits per heavy atom. The first kappa shape index (κ1) is 21.4. The Balaban J connectivity index is 0.00000441. The van der Waals surface area contributed by atoms with E-state index in [4.69, 9.17) is 4.74 Å². The van der Waals surface area contributed by atoms with Crippen LogP contribution in [-0.4, -0.2) is 44.2 Å². The molecule has 0 aliphatic heterocycles. The number of guanidine groups is 1. The summed E-state index contributed by atoms with van der Waals surface area (Å²) in [4.78, 5) is 4.56. The van der Waals surface area contributed by atoms with E-state index in [-0.39, 0.29) is 24.0 Å². The second-order valence-electron chi connectivity index (χ2n) is 4.55. The van der Waals surface area contributed by atoms with Crippen molar-refractivity contribution < 1.29 is 4.74 Å². The number of hydrogen-bond acceptors (Lipinski definition) is 3. The molecule has 1 aromatic carbocycles. The highest BCUT2D eigenvalue weighted by Gasteiger charge is 1.97. The van der Waals surface area contributed by atoms with Gasteiger partial charge in [-0.2, -0.15) is 11.8 Å². The first-order chi connectivity index (χ1) is 10.4. The Bertz CT molecular complexity index is 390. The monoisotopic (exact) mass is 437 g/mol. The van der Waals surface area contributed by atoms with E-state index < -0.39 is 0 Å². The molecule has 0 unspecified atom stereocenters. The molecule has 1 aromatic rings. The van der Waals surface area contributed by atoms with E-state index in [9.17, 15) is 0 Å². The van der Waals surface area contributed by atoms with E-state index in [1.807, 2.05) is 42.1 Å². The van der Waals surface area contributed by atoms with Gasteiger partial charge in [-0.15, -0.1) is 24.0 Å². The summed E-state index contributed by atoms with van der Waals surface area (Å²) in [5.41, 5.74) is 0. The van der Waals surface area contributed by atoms with Crippen molar-refractivity contribution in [2.45, 2.75) is 19.8 Å². The molecule has 0 atom stereocenters. The second-order valence-corrected chi connectivity index (χ2v) is 5.53. The zero-order chi connectivity index (χ0) is 15.2. The molecule has 0 saturated heterocycles. The molecular formula is C16H28IN3OS. The Morgan fingerprint density at radius 1 is 1.18 bits per heavy atom. The van der Waals surface area contributed by atoms with Crippen LogP contribution in [0.4, 0.5) is 0 Å². The minimum absolute atomic E-state index is 0. The lowest BCUT2D eigenvalue weighted by Gasteiger charge is -2.12. The molecule has 0 heterocycles. The molecule has 0 radical (unpaired) electrons. The number of para-hydroxylation sites is 1. The third-order valence-corrected chi connectivity index (χ3v) is 3.47. The number of ether oxygens (including phenoxy) is 1. The van der Waals surface area contributed by atoms with Gasteiger partial charge in [-0.25, -0.2) is 0 Å². The number of nitrogens with one attached hydrogen (secondary N) is 2. The van der Waals surface area contributed by atoms with E-state index in [0.717, 1.165) is 37.8 Å². The van der Waals surface area contributed by atoms with Crippen molar-refractivity contribution >= 4 is 41.7 Å². The van der Waals surface area contributed by atoms with Crippen molar-refractivity contribution in [1.82, 2.24) is 10.6 Å².